The molecule has 2 unspecified atom stereocenters. The quantitative estimate of drug-likeness (QED) is 0.620. The third-order valence-corrected chi connectivity index (χ3v) is 5.64. The Morgan fingerprint density at radius 1 is 1.16 bits per heavy atom. The van der Waals surface area contributed by atoms with Crippen molar-refractivity contribution in [3.63, 3.8) is 0 Å². The Morgan fingerprint density at radius 2 is 1.81 bits per heavy atom. The molecule has 0 saturated carbocycles. The molecule has 3 amide bonds. The minimum Gasteiger partial charge on any atom is -0.493 e. The van der Waals surface area contributed by atoms with Gasteiger partial charge >= 0.3 is 0 Å². The molecule has 0 bridgehead atoms. The van der Waals surface area contributed by atoms with Gasteiger partial charge in [0.25, 0.3) is 11.8 Å². The van der Waals surface area contributed by atoms with E-state index >= 15 is 0 Å². The molecule has 1 aliphatic heterocycles. The first kappa shape index (κ1) is 22.8. The van der Waals surface area contributed by atoms with Gasteiger partial charge in [0.05, 0.1) is 38.0 Å². The van der Waals surface area contributed by atoms with Gasteiger partial charge in [-0.1, -0.05) is 6.92 Å². The van der Waals surface area contributed by atoms with Gasteiger partial charge in [0.2, 0.25) is 5.91 Å². The normalized spacial score (nSPS) is 16.5. The minimum absolute atomic E-state index is 0.109. The SMILES string of the molecule is CCC(C)N(C(=O)c1ccc(OC)c(OC)c1)C1CC(=O)N(c2ccc(C#N)cc2)C1=O. The van der Waals surface area contributed by atoms with Crippen molar-refractivity contribution in [2.24, 2.45) is 0 Å². The summed E-state index contributed by atoms with van der Waals surface area (Å²) in [6.45, 7) is 3.76. The van der Waals surface area contributed by atoms with E-state index < -0.39 is 17.9 Å². The van der Waals surface area contributed by atoms with Crippen LogP contribution in [-0.4, -0.2) is 48.9 Å². The molecule has 0 aromatic heterocycles. The second-order valence-electron chi connectivity index (χ2n) is 7.49. The Balaban J connectivity index is 1.95. The Labute approximate surface area is 186 Å². The van der Waals surface area contributed by atoms with Crippen LogP contribution >= 0.6 is 0 Å². The van der Waals surface area contributed by atoms with Crippen LogP contribution in [-0.2, 0) is 9.59 Å². The first-order chi connectivity index (χ1) is 15.4. The maximum absolute atomic E-state index is 13.5. The highest BCUT2D eigenvalue weighted by atomic mass is 16.5. The maximum Gasteiger partial charge on any atom is 0.257 e. The standard InChI is InChI=1S/C24H25N3O5/c1-5-15(2)26(23(29)17-8-11-20(31-3)21(12-17)32-4)19-13-22(28)27(24(19)30)18-9-6-16(14-25)7-10-18/h6-12,15,19H,5,13H2,1-4H3. The number of carbonyl (C=O) groups excluding carboxylic acids is 3. The number of rotatable bonds is 7. The van der Waals surface area contributed by atoms with Crippen LogP contribution in [0.3, 0.4) is 0 Å². The number of amides is 3. The van der Waals surface area contributed by atoms with Crippen molar-refractivity contribution in [1.29, 1.82) is 5.26 Å². The van der Waals surface area contributed by atoms with Crippen LogP contribution in [0.1, 0.15) is 42.6 Å². The smallest absolute Gasteiger partial charge is 0.257 e. The molecule has 1 aliphatic rings. The van der Waals surface area contributed by atoms with Crippen LogP contribution in [0.25, 0.3) is 0 Å². The molecule has 8 nitrogen and oxygen atoms in total. The van der Waals surface area contributed by atoms with E-state index in [-0.39, 0.29) is 18.4 Å². The van der Waals surface area contributed by atoms with Crippen molar-refractivity contribution in [3.8, 4) is 17.6 Å². The third kappa shape index (κ3) is 4.14. The van der Waals surface area contributed by atoms with Crippen LogP contribution in [0.2, 0.25) is 0 Å². The fourth-order valence-corrected chi connectivity index (χ4v) is 3.75. The fraction of sp³-hybridized carbons (Fsp3) is 0.333. The van der Waals surface area contributed by atoms with Gasteiger partial charge in [-0.3, -0.25) is 14.4 Å². The van der Waals surface area contributed by atoms with E-state index in [1.807, 2.05) is 19.9 Å². The molecule has 2 atom stereocenters. The van der Waals surface area contributed by atoms with Crippen molar-refractivity contribution in [3.05, 3.63) is 53.6 Å². The monoisotopic (exact) mass is 435 g/mol. The number of methoxy groups -OCH3 is 2. The number of anilines is 1. The molecule has 3 rings (SSSR count). The molecule has 0 spiro atoms. The predicted octanol–water partition coefficient (Wildman–Crippen LogP) is 3.15. The lowest BCUT2D eigenvalue weighted by molar-refractivity contribution is -0.122. The van der Waals surface area contributed by atoms with Gasteiger partial charge < -0.3 is 14.4 Å². The van der Waals surface area contributed by atoms with E-state index in [0.717, 1.165) is 4.90 Å². The molecule has 0 N–H and O–H groups in total. The molecular formula is C24H25N3O5. The highest BCUT2D eigenvalue weighted by molar-refractivity contribution is 6.23. The van der Waals surface area contributed by atoms with E-state index in [0.29, 0.717) is 34.7 Å². The second kappa shape index (κ2) is 9.52. The number of hydrogen-bond donors (Lipinski definition) is 0. The van der Waals surface area contributed by atoms with Gasteiger partial charge in [-0.15, -0.1) is 0 Å². The van der Waals surface area contributed by atoms with E-state index in [9.17, 15) is 14.4 Å². The van der Waals surface area contributed by atoms with E-state index in [1.165, 1.54) is 19.1 Å². The number of hydrogen-bond acceptors (Lipinski definition) is 6. The third-order valence-electron chi connectivity index (χ3n) is 5.64. The number of nitriles is 1. The van der Waals surface area contributed by atoms with Gasteiger partial charge in [-0.05, 0) is 55.8 Å². The lowest BCUT2D eigenvalue weighted by Gasteiger charge is -2.33. The number of benzene rings is 2. The molecule has 32 heavy (non-hydrogen) atoms. The van der Waals surface area contributed by atoms with E-state index in [4.69, 9.17) is 14.7 Å². The van der Waals surface area contributed by atoms with Crippen molar-refractivity contribution in [2.45, 2.75) is 38.8 Å². The Hall–Kier alpha value is -3.86. The summed E-state index contributed by atoms with van der Waals surface area (Å²) in [5.74, 6) is -0.339. The zero-order valence-corrected chi connectivity index (χ0v) is 18.5. The van der Waals surface area contributed by atoms with Crippen LogP contribution in [0.4, 0.5) is 5.69 Å². The predicted molar refractivity (Wildman–Crippen MR) is 118 cm³/mol. The summed E-state index contributed by atoms with van der Waals surface area (Å²) in [6, 6.07) is 11.8. The second-order valence-corrected chi connectivity index (χ2v) is 7.49. The summed E-state index contributed by atoms with van der Waals surface area (Å²) >= 11 is 0. The first-order valence-electron chi connectivity index (χ1n) is 10.3. The van der Waals surface area contributed by atoms with Gasteiger partial charge in [-0.2, -0.15) is 5.26 Å². The number of nitrogens with zero attached hydrogens (tertiary/aromatic N) is 3. The highest BCUT2D eigenvalue weighted by Gasteiger charge is 2.45. The summed E-state index contributed by atoms with van der Waals surface area (Å²) in [6.07, 6.45) is 0.496. The minimum atomic E-state index is -0.923. The average Bonchev–Trinajstić information content (AvgIpc) is 3.11. The van der Waals surface area contributed by atoms with Crippen LogP contribution < -0.4 is 14.4 Å². The lowest BCUT2D eigenvalue weighted by atomic mass is 10.1. The molecule has 0 aliphatic carbocycles. The first-order valence-corrected chi connectivity index (χ1v) is 10.3. The van der Waals surface area contributed by atoms with Crippen LogP contribution in [0.5, 0.6) is 11.5 Å². The molecule has 1 fully saturated rings. The number of ether oxygens (including phenoxy) is 2. The van der Waals surface area contributed by atoms with Crippen LogP contribution in [0.15, 0.2) is 42.5 Å². The molecule has 1 saturated heterocycles. The summed E-state index contributed by atoms with van der Waals surface area (Å²) < 4.78 is 10.5. The molecule has 8 heteroatoms. The van der Waals surface area contributed by atoms with Gasteiger partial charge in [0.15, 0.2) is 11.5 Å². The van der Waals surface area contributed by atoms with Crippen molar-refractivity contribution in [2.75, 3.05) is 19.1 Å². The summed E-state index contributed by atoms with van der Waals surface area (Å²) in [5.41, 5.74) is 1.14. The molecule has 2 aromatic carbocycles. The Morgan fingerprint density at radius 3 is 2.38 bits per heavy atom. The zero-order valence-electron chi connectivity index (χ0n) is 18.5. The molecule has 2 aromatic rings. The number of imide groups is 1. The maximum atomic E-state index is 13.5. The molecule has 1 heterocycles. The van der Waals surface area contributed by atoms with Crippen molar-refractivity contribution >= 4 is 23.4 Å². The number of carbonyl (C=O) groups is 3. The van der Waals surface area contributed by atoms with Crippen LogP contribution in [0, 0.1) is 11.3 Å². The van der Waals surface area contributed by atoms with E-state index in [2.05, 4.69) is 0 Å². The summed E-state index contributed by atoms with van der Waals surface area (Å²) in [4.78, 5) is 42.1. The zero-order chi connectivity index (χ0) is 23.4. The van der Waals surface area contributed by atoms with Crippen molar-refractivity contribution < 1.29 is 23.9 Å². The summed E-state index contributed by atoms with van der Waals surface area (Å²) in [7, 11) is 2.98. The summed E-state index contributed by atoms with van der Waals surface area (Å²) in [5, 5.41) is 8.98. The largest absolute Gasteiger partial charge is 0.493 e. The van der Waals surface area contributed by atoms with Gasteiger partial charge in [0, 0.05) is 11.6 Å². The average molecular weight is 435 g/mol. The molecule has 166 valence electrons. The Kier molecular flexibility index (Phi) is 6.79. The van der Waals surface area contributed by atoms with Gasteiger partial charge in [-0.25, -0.2) is 4.90 Å². The molecular weight excluding hydrogens is 410 g/mol. The Bertz CT molecular complexity index is 1070. The van der Waals surface area contributed by atoms with Crippen molar-refractivity contribution in [1.82, 2.24) is 4.90 Å². The topological polar surface area (TPSA) is 99.9 Å². The van der Waals surface area contributed by atoms with E-state index in [1.54, 1.807) is 42.5 Å². The lowest BCUT2D eigenvalue weighted by Crippen LogP contribution is -2.49. The highest BCUT2D eigenvalue weighted by Crippen LogP contribution is 2.31. The fourth-order valence-electron chi connectivity index (χ4n) is 3.75. The molecule has 0 radical (unpaired) electrons. The van der Waals surface area contributed by atoms with Gasteiger partial charge in [0.1, 0.15) is 6.04 Å².